The monoisotopic (exact) mass is 319 g/mol. The lowest BCUT2D eigenvalue weighted by Gasteiger charge is -2.35. The number of nitrogens with one attached hydrogen (secondary N) is 2. The molecule has 0 aliphatic carbocycles. The largest absolute Gasteiger partial charge is 0.490 e. The highest BCUT2D eigenvalue weighted by Crippen LogP contribution is 2.35. The lowest BCUT2D eigenvalue weighted by atomic mass is 9.78. The Hall–Kier alpha value is -1.79. The Kier molecular flexibility index (Phi) is 4.73. The summed E-state index contributed by atoms with van der Waals surface area (Å²) in [6.07, 6.45) is 1.58. The smallest absolute Gasteiger partial charge is 0.233 e. The number of ether oxygens (including phenoxy) is 2. The van der Waals surface area contributed by atoms with Crippen LogP contribution in [0.2, 0.25) is 0 Å². The van der Waals surface area contributed by atoms with Gasteiger partial charge in [0.1, 0.15) is 12.4 Å². The van der Waals surface area contributed by atoms with Crippen LogP contribution in [0.25, 0.3) is 0 Å². The lowest BCUT2D eigenvalue weighted by Crippen LogP contribution is -2.47. The van der Waals surface area contributed by atoms with Crippen LogP contribution in [0.4, 0.5) is 11.4 Å². The highest BCUT2D eigenvalue weighted by Gasteiger charge is 2.39. The van der Waals surface area contributed by atoms with E-state index >= 15 is 0 Å². The summed E-state index contributed by atoms with van der Waals surface area (Å²) in [6, 6.07) is 5.80. The van der Waals surface area contributed by atoms with Crippen LogP contribution >= 0.6 is 0 Å². The highest BCUT2D eigenvalue weighted by atomic mass is 16.5. The molecule has 1 amide bonds. The Morgan fingerprint density at radius 3 is 2.96 bits per heavy atom. The molecule has 0 spiro atoms. The van der Waals surface area contributed by atoms with E-state index in [1.165, 1.54) is 0 Å². The van der Waals surface area contributed by atoms with Crippen molar-refractivity contribution in [3.05, 3.63) is 18.2 Å². The molecule has 2 aliphatic rings. The molecule has 1 aromatic rings. The van der Waals surface area contributed by atoms with E-state index < -0.39 is 5.41 Å². The van der Waals surface area contributed by atoms with Crippen LogP contribution in [0, 0.1) is 5.41 Å². The van der Waals surface area contributed by atoms with E-state index in [0.717, 1.165) is 49.6 Å². The molecule has 2 heterocycles. The van der Waals surface area contributed by atoms with Gasteiger partial charge in [0.05, 0.1) is 24.3 Å². The van der Waals surface area contributed by atoms with Gasteiger partial charge in [-0.1, -0.05) is 0 Å². The van der Waals surface area contributed by atoms with E-state index in [1.54, 1.807) is 7.11 Å². The molecule has 23 heavy (non-hydrogen) atoms. The van der Waals surface area contributed by atoms with Gasteiger partial charge in [-0.25, -0.2) is 0 Å². The number of fused-ring (bicyclic) bond motifs is 1. The average Bonchev–Trinajstić information content (AvgIpc) is 2.57. The first-order valence-electron chi connectivity index (χ1n) is 8.14. The first-order valence-corrected chi connectivity index (χ1v) is 8.14. The molecule has 0 unspecified atom stereocenters. The van der Waals surface area contributed by atoms with E-state index in [2.05, 4.69) is 15.5 Å². The van der Waals surface area contributed by atoms with Crippen molar-refractivity contribution in [2.75, 3.05) is 57.2 Å². The number of methoxy groups -OCH3 is 1. The maximum atomic E-state index is 12.9. The zero-order valence-electron chi connectivity index (χ0n) is 13.9. The predicted octanol–water partition coefficient (Wildman–Crippen LogP) is 1.47. The van der Waals surface area contributed by atoms with Gasteiger partial charge in [-0.15, -0.1) is 0 Å². The van der Waals surface area contributed by atoms with Crippen molar-refractivity contribution in [2.45, 2.75) is 12.8 Å². The van der Waals surface area contributed by atoms with E-state index in [1.807, 2.05) is 25.2 Å². The molecule has 0 radical (unpaired) electrons. The van der Waals surface area contributed by atoms with Crippen molar-refractivity contribution in [1.29, 1.82) is 0 Å². The number of nitrogens with zero attached hydrogens (tertiary/aromatic N) is 1. The number of likely N-dealkylation sites (N-methyl/N-ethyl adjacent to an activating group) is 1. The molecule has 2 aliphatic heterocycles. The zero-order valence-corrected chi connectivity index (χ0v) is 13.9. The number of anilines is 2. The highest BCUT2D eigenvalue weighted by molar-refractivity contribution is 5.96. The number of hydrogen-bond donors (Lipinski definition) is 2. The van der Waals surface area contributed by atoms with Gasteiger partial charge in [-0.05, 0) is 44.1 Å². The number of benzene rings is 1. The Bertz CT molecular complexity index is 565. The Balaban J connectivity index is 1.77. The summed E-state index contributed by atoms with van der Waals surface area (Å²) in [5.74, 6) is 0.908. The van der Waals surface area contributed by atoms with E-state index in [4.69, 9.17) is 9.47 Å². The molecule has 3 rings (SSSR count). The molecule has 0 aromatic heterocycles. The van der Waals surface area contributed by atoms with Gasteiger partial charge in [-0.2, -0.15) is 0 Å². The summed E-state index contributed by atoms with van der Waals surface area (Å²) in [7, 11) is 3.69. The van der Waals surface area contributed by atoms with Crippen molar-refractivity contribution >= 4 is 17.3 Å². The van der Waals surface area contributed by atoms with Crippen molar-refractivity contribution in [3.63, 3.8) is 0 Å². The summed E-state index contributed by atoms with van der Waals surface area (Å²) < 4.78 is 11.0. The number of amides is 1. The number of hydrogen-bond acceptors (Lipinski definition) is 5. The van der Waals surface area contributed by atoms with E-state index in [9.17, 15) is 4.79 Å². The topological polar surface area (TPSA) is 62.8 Å². The van der Waals surface area contributed by atoms with Gasteiger partial charge in [0.25, 0.3) is 0 Å². The first kappa shape index (κ1) is 16.1. The van der Waals surface area contributed by atoms with E-state index in [-0.39, 0.29) is 5.91 Å². The summed E-state index contributed by atoms with van der Waals surface area (Å²) >= 11 is 0. The zero-order chi connectivity index (χ0) is 16.3. The van der Waals surface area contributed by atoms with Crippen LogP contribution in [-0.2, 0) is 9.53 Å². The van der Waals surface area contributed by atoms with Crippen molar-refractivity contribution in [3.8, 4) is 5.75 Å². The van der Waals surface area contributed by atoms with Crippen molar-refractivity contribution in [2.24, 2.45) is 5.41 Å². The van der Waals surface area contributed by atoms with Gasteiger partial charge in [0.15, 0.2) is 0 Å². The van der Waals surface area contributed by atoms with Crippen molar-refractivity contribution < 1.29 is 14.3 Å². The van der Waals surface area contributed by atoms with Gasteiger partial charge >= 0.3 is 0 Å². The normalized spacial score (nSPS) is 19.7. The molecule has 0 saturated carbocycles. The van der Waals surface area contributed by atoms with Crippen LogP contribution in [-0.4, -0.2) is 52.9 Å². The molecular formula is C17H25N3O3. The minimum absolute atomic E-state index is 0.0418. The van der Waals surface area contributed by atoms with Gasteiger partial charge in [0, 0.05) is 19.8 Å². The quantitative estimate of drug-likeness (QED) is 0.880. The van der Waals surface area contributed by atoms with Crippen LogP contribution in [0.3, 0.4) is 0 Å². The molecule has 126 valence electrons. The van der Waals surface area contributed by atoms with Gasteiger partial charge in [0.2, 0.25) is 5.91 Å². The Morgan fingerprint density at radius 1 is 1.43 bits per heavy atom. The minimum Gasteiger partial charge on any atom is -0.490 e. The SMILES string of the molecule is COCC1(C(=O)Nc2ccc3c(c2)N(C)CCO3)CCNCC1. The average molecular weight is 319 g/mol. The molecule has 6 heteroatoms. The van der Waals surface area contributed by atoms with Crippen molar-refractivity contribution in [1.82, 2.24) is 5.32 Å². The molecule has 0 bridgehead atoms. The Morgan fingerprint density at radius 2 is 2.22 bits per heavy atom. The summed E-state index contributed by atoms with van der Waals surface area (Å²) in [5, 5.41) is 6.38. The second kappa shape index (κ2) is 6.76. The number of carbonyl (C=O) groups excluding carboxylic acids is 1. The third-order valence-corrected chi connectivity index (χ3v) is 4.78. The van der Waals surface area contributed by atoms with E-state index in [0.29, 0.717) is 13.2 Å². The number of rotatable bonds is 4. The maximum Gasteiger partial charge on any atom is 0.233 e. The third-order valence-electron chi connectivity index (χ3n) is 4.78. The molecular weight excluding hydrogens is 294 g/mol. The molecule has 1 fully saturated rings. The molecule has 2 N–H and O–H groups in total. The fraction of sp³-hybridized carbons (Fsp3) is 0.588. The van der Waals surface area contributed by atoms with Crippen LogP contribution in [0.5, 0.6) is 5.75 Å². The molecule has 1 aromatic carbocycles. The summed E-state index contributed by atoms with van der Waals surface area (Å²) in [6.45, 7) is 3.69. The maximum absolute atomic E-state index is 12.9. The minimum atomic E-state index is -0.446. The number of piperidine rings is 1. The number of carbonyl (C=O) groups is 1. The van der Waals surface area contributed by atoms with Crippen LogP contribution < -0.4 is 20.3 Å². The predicted molar refractivity (Wildman–Crippen MR) is 90.2 cm³/mol. The molecule has 6 nitrogen and oxygen atoms in total. The fourth-order valence-corrected chi connectivity index (χ4v) is 3.31. The second-order valence-corrected chi connectivity index (χ2v) is 6.37. The summed E-state index contributed by atoms with van der Waals surface area (Å²) in [5.41, 5.74) is 1.37. The lowest BCUT2D eigenvalue weighted by molar-refractivity contribution is -0.130. The van der Waals surface area contributed by atoms with Gasteiger partial charge in [-0.3, -0.25) is 4.79 Å². The second-order valence-electron chi connectivity index (χ2n) is 6.37. The standard InChI is InChI=1S/C17H25N3O3/c1-20-9-10-23-15-4-3-13(11-14(15)20)19-16(21)17(12-22-2)5-7-18-8-6-17/h3-4,11,18H,5-10,12H2,1-2H3,(H,19,21). The molecule has 0 atom stereocenters. The summed E-state index contributed by atoms with van der Waals surface area (Å²) in [4.78, 5) is 15.0. The molecule has 1 saturated heterocycles. The fourth-order valence-electron chi connectivity index (χ4n) is 3.31. The first-order chi connectivity index (χ1) is 11.1. The third kappa shape index (κ3) is 3.28. The van der Waals surface area contributed by atoms with Gasteiger partial charge < -0.3 is 25.0 Å². The van der Waals surface area contributed by atoms with Crippen LogP contribution in [0.1, 0.15) is 12.8 Å². The van der Waals surface area contributed by atoms with Crippen LogP contribution in [0.15, 0.2) is 18.2 Å². The Labute approximate surface area is 137 Å².